The summed E-state index contributed by atoms with van der Waals surface area (Å²) in [5.41, 5.74) is -1.29. The summed E-state index contributed by atoms with van der Waals surface area (Å²) < 4.78 is 32.5. The number of hydrogen-bond donors (Lipinski definition) is 3. The summed E-state index contributed by atoms with van der Waals surface area (Å²) in [6.45, 7) is 20.4. The number of ether oxygens (including phenoxy) is 5. The molecule has 272 valence electrons. The third kappa shape index (κ3) is 3.81. The van der Waals surface area contributed by atoms with Crippen LogP contribution in [0.1, 0.15) is 120 Å². The molecule has 0 aromatic heterocycles. The Balaban J connectivity index is 1.11. The van der Waals surface area contributed by atoms with Crippen molar-refractivity contribution >= 4 is 5.97 Å². The molecule has 3 heterocycles. The molecule has 3 aliphatic heterocycles. The van der Waals surface area contributed by atoms with Crippen LogP contribution in [0.3, 0.4) is 0 Å². The van der Waals surface area contributed by atoms with E-state index in [0.717, 1.165) is 44.9 Å². The third-order valence-electron chi connectivity index (χ3n) is 17.1. The zero-order valence-corrected chi connectivity index (χ0v) is 30.8. The molecule has 17 atom stereocenters. The van der Waals surface area contributed by atoms with Crippen LogP contribution in [0, 0.1) is 56.7 Å². The van der Waals surface area contributed by atoms with Crippen molar-refractivity contribution in [2.24, 2.45) is 56.7 Å². The van der Waals surface area contributed by atoms with Crippen molar-refractivity contribution < 1.29 is 43.8 Å². The summed E-state index contributed by atoms with van der Waals surface area (Å²) in [5, 5.41) is 33.9. The first kappa shape index (κ1) is 34.3. The number of esters is 1. The lowest BCUT2D eigenvalue weighted by Gasteiger charge is -2.63. The molecule has 8 rings (SSSR count). The Hall–Kier alpha value is -0.810. The second-order valence-electron chi connectivity index (χ2n) is 19.2. The van der Waals surface area contributed by atoms with Crippen molar-refractivity contribution in [2.45, 2.75) is 174 Å². The van der Waals surface area contributed by atoms with Crippen LogP contribution in [0.2, 0.25) is 0 Å². The molecule has 5 aliphatic carbocycles. The quantitative estimate of drug-likeness (QED) is 0.261. The predicted octanol–water partition coefficient (Wildman–Crippen LogP) is 5.36. The average molecular weight is 675 g/mol. The fourth-order valence-corrected chi connectivity index (χ4v) is 15.1. The fourth-order valence-electron chi connectivity index (χ4n) is 15.1. The molecule has 0 amide bonds. The van der Waals surface area contributed by atoms with Crippen LogP contribution in [-0.4, -0.2) is 82.2 Å². The maximum absolute atomic E-state index is 12.9. The molecule has 5 saturated carbocycles. The Morgan fingerprint density at radius 3 is 2.31 bits per heavy atom. The van der Waals surface area contributed by atoms with Crippen LogP contribution in [0.4, 0.5) is 0 Å². The van der Waals surface area contributed by atoms with Crippen molar-refractivity contribution in [3.8, 4) is 0 Å². The summed E-state index contributed by atoms with van der Waals surface area (Å²) in [6, 6.07) is 0. The van der Waals surface area contributed by atoms with E-state index in [-0.39, 0.29) is 45.8 Å². The van der Waals surface area contributed by atoms with Crippen molar-refractivity contribution in [1.82, 2.24) is 0 Å². The lowest BCUT2D eigenvalue weighted by molar-refractivity contribution is -0.288. The number of hydrogen-bond acceptors (Lipinski definition) is 9. The van der Waals surface area contributed by atoms with Gasteiger partial charge in [-0.25, -0.2) is 0 Å². The second-order valence-corrected chi connectivity index (χ2v) is 19.2. The Kier molecular flexibility index (Phi) is 7.44. The number of aliphatic hydroxyl groups is 3. The van der Waals surface area contributed by atoms with E-state index in [1.54, 1.807) is 0 Å². The van der Waals surface area contributed by atoms with Crippen LogP contribution in [0.5, 0.6) is 0 Å². The number of fused-ring (bicyclic) bond motifs is 4. The van der Waals surface area contributed by atoms with Gasteiger partial charge < -0.3 is 39.0 Å². The molecule has 8 aliphatic rings. The highest BCUT2D eigenvalue weighted by molar-refractivity contribution is 5.69. The number of carbonyl (C=O) groups is 1. The van der Waals surface area contributed by atoms with Gasteiger partial charge in [-0.1, -0.05) is 48.5 Å². The van der Waals surface area contributed by atoms with Gasteiger partial charge in [-0.3, -0.25) is 4.79 Å². The zero-order valence-electron chi connectivity index (χ0n) is 30.8. The largest absolute Gasteiger partial charge is 0.457 e. The normalized spacial score (nSPS) is 57.8. The molecular formula is C39H62O9. The van der Waals surface area contributed by atoms with Gasteiger partial charge in [0.15, 0.2) is 12.1 Å². The molecule has 3 N–H and O–H groups in total. The number of rotatable bonds is 5. The Morgan fingerprint density at radius 2 is 1.60 bits per heavy atom. The van der Waals surface area contributed by atoms with Gasteiger partial charge in [0.2, 0.25) is 0 Å². The SMILES string of the molecule is CCC(=O)OC(C)(C)C1OC23OC1CC(C)C2C1(C)CCC24C(CCC5C(C)(C)C(OC6OCCC(O)C6O)CCC52C4C)C1(C)C3O. The first-order valence-electron chi connectivity index (χ1n) is 19.3. The maximum Gasteiger partial charge on any atom is 0.306 e. The number of aliphatic hydroxyl groups excluding tert-OH is 3. The molecule has 0 radical (unpaired) electrons. The van der Waals surface area contributed by atoms with Gasteiger partial charge in [-0.05, 0) is 111 Å². The summed E-state index contributed by atoms with van der Waals surface area (Å²) in [7, 11) is 0. The van der Waals surface area contributed by atoms with Crippen LogP contribution < -0.4 is 0 Å². The third-order valence-corrected chi connectivity index (χ3v) is 17.1. The Morgan fingerprint density at radius 1 is 0.917 bits per heavy atom. The number of carbonyl (C=O) groups excluding carboxylic acids is 1. The van der Waals surface area contributed by atoms with Gasteiger partial charge in [0, 0.05) is 17.8 Å². The highest BCUT2D eigenvalue weighted by atomic mass is 16.8. The Labute approximate surface area is 287 Å². The van der Waals surface area contributed by atoms with Gasteiger partial charge in [0.05, 0.1) is 24.9 Å². The zero-order chi connectivity index (χ0) is 34.6. The van der Waals surface area contributed by atoms with Crippen molar-refractivity contribution in [3.05, 3.63) is 0 Å². The molecular weight excluding hydrogens is 612 g/mol. The first-order chi connectivity index (χ1) is 22.4. The minimum absolute atomic E-state index is 0.0434. The van der Waals surface area contributed by atoms with E-state index in [9.17, 15) is 20.1 Å². The molecule has 2 bridgehead atoms. The minimum Gasteiger partial charge on any atom is -0.457 e. The van der Waals surface area contributed by atoms with E-state index >= 15 is 0 Å². The molecule has 9 heteroatoms. The van der Waals surface area contributed by atoms with Gasteiger partial charge in [0.1, 0.15) is 23.9 Å². The molecule has 0 aromatic carbocycles. The van der Waals surface area contributed by atoms with Gasteiger partial charge in [-0.15, -0.1) is 0 Å². The van der Waals surface area contributed by atoms with Crippen molar-refractivity contribution in [2.75, 3.05) is 6.61 Å². The van der Waals surface area contributed by atoms with Crippen molar-refractivity contribution in [3.63, 3.8) is 0 Å². The van der Waals surface area contributed by atoms with Crippen LogP contribution >= 0.6 is 0 Å². The van der Waals surface area contributed by atoms with Crippen LogP contribution in [-0.2, 0) is 28.5 Å². The van der Waals surface area contributed by atoms with Gasteiger partial charge in [-0.2, -0.15) is 0 Å². The first-order valence-corrected chi connectivity index (χ1v) is 19.3. The summed E-state index contributed by atoms with van der Waals surface area (Å²) in [4.78, 5) is 12.5. The van der Waals surface area contributed by atoms with Gasteiger partial charge in [0.25, 0.3) is 0 Å². The van der Waals surface area contributed by atoms with E-state index in [1.165, 1.54) is 0 Å². The Bertz CT molecular complexity index is 1330. The van der Waals surface area contributed by atoms with E-state index in [0.29, 0.717) is 43.1 Å². The molecule has 9 nitrogen and oxygen atoms in total. The molecule has 48 heavy (non-hydrogen) atoms. The predicted molar refractivity (Wildman–Crippen MR) is 176 cm³/mol. The maximum atomic E-state index is 12.9. The highest BCUT2D eigenvalue weighted by Crippen LogP contribution is 2.92. The van der Waals surface area contributed by atoms with E-state index in [1.807, 2.05) is 20.8 Å². The average Bonchev–Trinajstić information content (AvgIpc) is 3.30. The van der Waals surface area contributed by atoms with Crippen LogP contribution in [0.25, 0.3) is 0 Å². The smallest absolute Gasteiger partial charge is 0.306 e. The van der Waals surface area contributed by atoms with Crippen LogP contribution in [0.15, 0.2) is 0 Å². The van der Waals surface area contributed by atoms with Gasteiger partial charge >= 0.3 is 5.97 Å². The summed E-state index contributed by atoms with van der Waals surface area (Å²) >= 11 is 0. The van der Waals surface area contributed by atoms with E-state index in [4.69, 9.17) is 23.7 Å². The molecule has 3 saturated heterocycles. The topological polar surface area (TPSA) is 124 Å². The lowest BCUT2D eigenvalue weighted by atomic mass is 9.41. The molecule has 0 aromatic rings. The highest BCUT2D eigenvalue weighted by Gasteiger charge is 2.90. The molecule has 3 spiro atoms. The van der Waals surface area contributed by atoms with Crippen molar-refractivity contribution in [1.29, 1.82) is 0 Å². The summed E-state index contributed by atoms with van der Waals surface area (Å²) in [5.74, 6) is 0.295. The van der Waals surface area contributed by atoms with E-state index < -0.39 is 47.5 Å². The standard InChI is InChI=1S/C39H62O9/c1-10-27(41)47-34(6,7)30-23-19-20(2)29-35(8)16-17-38-21(3)37(38)15-13-26(45-31-28(42)22(40)14-18-44-31)33(4,5)24(37)11-12-25(38)36(35,9)32(43)39(29,46-23)48-30/h20-26,28-32,40,42-43H,10-19H2,1-9H3. The monoisotopic (exact) mass is 674 g/mol. The fraction of sp³-hybridized carbons (Fsp3) is 0.974. The minimum atomic E-state index is -1.11. The van der Waals surface area contributed by atoms with E-state index in [2.05, 4.69) is 41.5 Å². The lowest BCUT2D eigenvalue weighted by Crippen LogP contribution is -2.61. The molecule has 17 unspecified atom stereocenters. The second kappa shape index (κ2) is 10.4. The summed E-state index contributed by atoms with van der Waals surface area (Å²) in [6.07, 6.45) is 3.63. The molecule has 8 fully saturated rings.